The number of piperidine rings is 1. The minimum absolute atomic E-state index is 0.128. The molecule has 7 nitrogen and oxygen atoms in total. The molecule has 0 bridgehead atoms. The van der Waals surface area contributed by atoms with Crippen LogP contribution in [-0.4, -0.2) is 44.8 Å². The summed E-state index contributed by atoms with van der Waals surface area (Å²) in [6.07, 6.45) is 3.10. The van der Waals surface area contributed by atoms with E-state index in [1.807, 2.05) is 25.1 Å². The first-order valence-electron chi connectivity index (χ1n) is 10.1. The summed E-state index contributed by atoms with van der Waals surface area (Å²) in [5.41, 5.74) is 1.81. The van der Waals surface area contributed by atoms with Gasteiger partial charge in [-0.1, -0.05) is 17.7 Å². The zero-order valence-corrected chi connectivity index (χ0v) is 17.8. The van der Waals surface area contributed by atoms with Crippen LogP contribution in [-0.2, 0) is 4.79 Å². The van der Waals surface area contributed by atoms with Gasteiger partial charge in [-0.3, -0.25) is 9.59 Å². The van der Waals surface area contributed by atoms with Gasteiger partial charge >= 0.3 is 0 Å². The van der Waals surface area contributed by atoms with Crippen LogP contribution in [0.15, 0.2) is 54.7 Å². The van der Waals surface area contributed by atoms with E-state index in [1.165, 1.54) is 0 Å². The number of nitrogens with zero attached hydrogens (tertiary/aromatic N) is 4. The lowest BCUT2D eigenvalue weighted by Crippen LogP contribution is -2.44. The average Bonchev–Trinajstić information content (AvgIpc) is 2.79. The van der Waals surface area contributed by atoms with Crippen LogP contribution < -0.4 is 5.32 Å². The average molecular weight is 436 g/mol. The summed E-state index contributed by atoms with van der Waals surface area (Å²) in [4.78, 5) is 40.6. The Balaban J connectivity index is 1.50. The summed E-state index contributed by atoms with van der Waals surface area (Å²) < 4.78 is 0. The zero-order chi connectivity index (χ0) is 21.8. The van der Waals surface area contributed by atoms with Gasteiger partial charge in [0.25, 0.3) is 5.91 Å². The molecular formula is C23H22ClN5O2. The lowest BCUT2D eigenvalue weighted by atomic mass is 9.96. The highest BCUT2D eigenvalue weighted by molar-refractivity contribution is 6.30. The van der Waals surface area contributed by atoms with E-state index in [-0.39, 0.29) is 17.7 Å². The molecule has 4 rings (SSSR count). The van der Waals surface area contributed by atoms with Gasteiger partial charge in [0.2, 0.25) is 5.91 Å². The number of nitrogens with one attached hydrogen (secondary N) is 1. The van der Waals surface area contributed by atoms with Gasteiger partial charge in [0.15, 0.2) is 5.82 Å². The molecule has 1 aromatic carbocycles. The summed E-state index contributed by atoms with van der Waals surface area (Å²) >= 11 is 5.97. The number of benzene rings is 1. The Morgan fingerprint density at radius 1 is 1.13 bits per heavy atom. The van der Waals surface area contributed by atoms with E-state index in [4.69, 9.17) is 11.6 Å². The van der Waals surface area contributed by atoms with Crippen LogP contribution in [0, 0.1) is 12.8 Å². The molecule has 1 aliphatic heterocycles. The van der Waals surface area contributed by atoms with Crippen molar-refractivity contribution in [3.8, 4) is 11.4 Å². The predicted octanol–water partition coefficient (Wildman–Crippen LogP) is 3.99. The van der Waals surface area contributed by atoms with Gasteiger partial charge in [-0.2, -0.15) is 0 Å². The van der Waals surface area contributed by atoms with Gasteiger partial charge in [0.05, 0.1) is 5.92 Å². The van der Waals surface area contributed by atoms with E-state index < -0.39 is 0 Å². The molecule has 1 N–H and O–H groups in total. The van der Waals surface area contributed by atoms with Crippen LogP contribution in [0.5, 0.6) is 0 Å². The summed E-state index contributed by atoms with van der Waals surface area (Å²) in [6, 6.07) is 14.2. The zero-order valence-electron chi connectivity index (χ0n) is 17.1. The van der Waals surface area contributed by atoms with Gasteiger partial charge in [0.1, 0.15) is 11.5 Å². The maximum Gasteiger partial charge on any atom is 0.272 e. The molecule has 1 fully saturated rings. The minimum Gasteiger partial charge on any atom is -0.337 e. The Hall–Kier alpha value is -3.32. The Bertz CT molecular complexity index is 1090. The van der Waals surface area contributed by atoms with Crippen molar-refractivity contribution < 1.29 is 9.59 Å². The van der Waals surface area contributed by atoms with E-state index in [2.05, 4.69) is 20.3 Å². The Morgan fingerprint density at radius 3 is 2.68 bits per heavy atom. The van der Waals surface area contributed by atoms with Crippen molar-refractivity contribution in [2.75, 3.05) is 18.4 Å². The van der Waals surface area contributed by atoms with Crippen LogP contribution in [0.2, 0.25) is 5.02 Å². The molecule has 2 amide bonds. The standard InChI is InChI=1S/C23H22ClN5O2/c1-15-13-19(27-21(26-15)16-7-9-18(24)10-8-16)23(31)29-12-4-5-17(14-29)22(30)28-20-6-2-3-11-25-20/h2-3,6-11,13,17H,4-5,12,14H2,1H3,(H,25,28,30)/t17-/m0/s1. The first-order chi connectivity index (χ1) is 15.0. The Kier molecular flexibility index (Phi) is 6.23. The quantitative estimate of drug-likeness (QED) is 0.669. The van der Waals surface area contributed by atoms with Gasteiger partial charge in [-0.25, -0.2) is 15.0 Å². The number of rotatable bonds is 4. The lowest BCUT2D eigenvalue weighted by molar-refractivity contribution is -0.121. The van der Waals surface area contributed by atoms with E-state index >= 15 is 0 Å². The highest BCUT2D eigenvalue weighted by Crippen LogP contribution is 2.22. The molecule has 0 unspecified atom stereocenters. The molecular weight excluding hydrogens is 414 g/mol. The summed E-state index contributed by atoms with van der Waals surface area (Å²) in [6.45, 7) is 2.76. The van der Waals surface area contributed by atoms with Crippen molar-refractivity contribution in [3.63, 3.8) is 0 Å². The molecule has 158 valence electrons. The second-order valence-electron chi connectivity index (χ2n) is 7.52. The molecule has 0 radical (unpaired) electrons. The molecule has 1 aliphatic rings. The lowest BCUT2D eigenvalue weighted by Gasteiger charge is -2.31. The van der Waals surface area contributed by atoms with E-state index in [9.17, 15) is 9.59 Å². The molecule has 0 spiro atoms. The Labute approximate surface area is 185 Å². The Morgan fingerprint density at radius 2 is 1.94 bits per heavy atom. The van der Waals surface area contributed by atoms with E-state index in [0.29, 0.717) is 41.1 Å². The number of aromatic nitrogens is 3. The number of anilines is 1. The predicted molar refractivity (Wildman–Crippen MR) is 119 cm³/mol. The third kappa shape index (κ3) is 5.06. The molecule has 0 saturated carbocycles. The summed E-state index contributed by atoms with van der Waals surface area (Å²) in [7, 11) is 0. The fourth-order valence-corrected chi connectivity index (χ4v) is 3.73. The molecule has 0 aliphatic carbocycles. The van der Waals surface area contributed by atoms with Crippen LogP contribution in [0.25, 0.3) is 11.4 Å². The molecule has 3 heterocycles. The number of amides is 2. The first-order valence-corrected chi connectivity index (χ1v) is 10.5. The smallest absolute Gasteiger partial charge is 0.272 e. The van der Waals surface area contributed by atoms with Crippen molar-refractivity contribution in [3.05, 3.63) is 71.1 Å². The molecule has 1 atom stereocenters. The number of carbonyl (C=O) groups excluding carboxylic acids is 2. The van der Waals surface area contributed by atoms with Crippen molar-refractivity contribution in [2.45, 2.75) is 19.8 Å². The molecule has 31 heavy (non-hydrogen) atoms. The number of pyridine rings is 1. The van der Waals surface area contributed by atoms with Crippen LogP contribution >= 0.6 is 11.6 Å². The number of likely N-dealkylation sites (tertiary alicyclic amines) is 1. The summed E-state index contributed by atoms with van der Waals surface area (Å²) in [5, 5.41) is 3.45. The van der Waals surface area contributed by atoms with Crippen molar-refractivity contribution in [1.29, 1.82) is 0 Å². The van der Waals surface area contributed by atoms with E-state index in [0.717, 1.165) is 18.4 Å². The normalized spacial score (nSPS) is 16.1. The maximum atomic E-state index is 13.2. The largest absolute Gasteiger partial charge is 0.337 e. The van der Waals surface area contributed by atoms with Gasteiger partial charge in [-0.05, 0) is 62.2 Å². The van der Waals surface area contributed by atoms with Crippen molar-refractivity contribution >= 4 is 29.2 Å². The highest BCUT2D eigenvalue weighted by Gasteiger charge is 2.30. The molecule has 1 saturated heterocycles. The second kappa shape index (κ2) is 9.22. The number of hydrogen-bond donors (Lipinski definition) is 1. The van der Waals surface area contributed by atoms with Crippen LogP contribution in [0.3, 0.4) is 0 Å². The summed E-state index contributed by atoms with van der Waals surface area (Å²) in [5.74, 6) is 0.364. The van der Waals surface area contributed by atoms with Gasteiger partial charge in [-0.15, -0.1) is 0 Å². The SMILES string of the molecule is Cc1cc(C(=O)N2CCC[C@H](C(=O)Nc3ccccn3)C2)nc(-c2ccc(Cl)cc2)n1. The van der Waals surface area contributed by atoms with Gasteiger partial charge < -0.3 is 10.2 Å². The van der Waals surface area contributed by atoms with Crippen molar-refractivity contribution in [2.24, 2.45) is 5.92 Å². The highest BCUT2D eigenvalue weighted by atomic mass is 35.5. The maximum absolute atomic E-state index is 13.2. The third-order valence-electron chi connectivity index (χ3n) is 5.17. The molecule has 3 aromatic rings. The number of aryl methyl sites for hydroxylation is 1. The molecule has 8 heteroatoms. The van der Waals surface area contributed by atoms with Gasteiger partial charge in [0, 0.05) is 35.6 Å². The van der Waals surface area contributed by atoms with Crippen molar-refractivity contribution in [1.82, 2.24) is 19.9 Å². The fourth-order valence-electron chi connectivity index (χ4n) is 3.61. The van der Waals surface area contributed by atoms with Crippen LogP contribution in [0.1, 0.15) is 29.0 Å². The monoisotopic (exact) mass is 435 g/mol. The number of hydrogen-bond acceptors (Lipinski definition) is 5. The number of halogens is 1. The van der Waals surface area contributed by atoms with E-state index in [1.54, 1.807) is 41.4 Å². The third-order valence-corrected chi connectivity index (χ3v) is 5.42. The second-order valence-corrected chi connectivity index (χ2v) is 7.96. The topological polar surface area (TPSA) is 88.1 Å². The fraction of sp³-hybridized carbons (Fsp3) is 0.261. The van der Waals surface area contributed by atoms with Crippen LogP contribution in [0.4, 0.5) is 5.82 Å². The first kappa shape index (κ1) is 20.9. The molecule has 2 aromatic heterocycles. The number of carbonyl (C=O) groups is 2. The minimum atomic E-state index is -0.293.